The fourth-order valence-corrected chi connectivity index (χ4v) is 1.02. The molecule has 0 aliphatic rings. The number of H-pyrrole nitrogens is 1. The Morgan fingerprint density at radius 2 is 2.46 bits per heavy atom. The van der Waals surface area contributed by atoms with Gasteiger partial charge in [0.25, 0.3) is 5.56 Å². The molecule has 0 radical (unpaired) electrons. The highest BCUT2D eigenvalue weighted by molar-refractivity contribution is 7.98. The van der Waals surface area contributed by atoms with Crippen LogP contribution >= 0.6 is 11.8 Å². The molecule has 0 spiro atoms. The molecular formula is C6H5FN2O3S. The van der Waals surface area contributed by atoms with E-state index in [0.29, 0.717) is 5.16 Å². The van der Waals surface area contributed by atoms with Crippen molar-refractivity contribution in [3.05, 3.63) is 22.1 Å². The zero-order chi connectivity index (χ0) is 9.84. The van der Waals surface area contributed by atoms with Gasteiger partial charge in [0.15, 0.2) is 5.16 Å². The van der Waals surface area contributed by atoms with Gasteiger partial charge in [-0.15, -0.1) is 0 Å². The van der Waals surface area contributed by atoms with E-state index in [1.165, 1.54) is 11.8 Å². The SMILES string of the molecule is CSc1ncc(C(=O)OF)c(=O)[nH]1. The van der Waals surface area contributed by atoms with Gasteiger partial charge >= 0.3 is 5.97 Å². The van der Waals surface area contributed by atoms with Crippen LogP contribution in [0.1, 0.15) is 10.4 Å². The number of thioether (sulfide) groups is 1. The first-order valence-corrected chi connectivity index (χ1v) is 4.37. The van der Waals surface area contributed by atoms with Crippen LogP contribution < -0.4 is 5.56 Å². The van der Waals surface area contributed by atoms with Crippen molar-refractivity contribution in [2.24, 2.45) is 0 Å². The summed E-state index contributed by atoms with van der Waals surface area (Å²) in [7, 11) is 0. The van der Waals surface area contributed by atoms with Crippen LogP contribution in [-0.2, 0) is 4.94 Å². The predicted octanol–water partition coefficient (Wildman–Crippen LogP) is 0.533. The Morgan fingerprint density at radius 3 is 2.92 bits per heavy atom. The normalized spacial score (nSPS) is 9.69. The molecule has 1 aromatic rings. The minimum absolute atomic E-state index is 0.348. The minimum atomic E-state index is -1.35. The van der Waals surface area contributed by atoms with Crippen LogP contribution in [0.5, 0.6) is 0 Å². The third kappa shape index (κ3) is 2.05. The number of hydrogen-bond acceptors (Lipinski definition) is 5. The molecule has 0 aliphatic heterocycles. The zero-order valence-corrected chi connectivity index (χ0v) is 7.35. The number of nitrogens with one attached hydrogen (secondary N) is 1. The highest BCUT2D eigenvalue weighted by Gasteiger charge is 2.13. The molecular weight excluding hydrogens is 199 g/mol. The lowest BCUT2D eigenvalue weighted by atomic mass is 10.3. The summed E-state index contributed by atoms with van der Waals surface area (Å²) < 4.78 is 11.4. The van der Waals surface area contributed by atoms with E-state index in [-0.39, 0.29) is 0 Å². The fourth-order valence-electron chi connectivity index (χ4n) is 0.669. The quantitative estimate of drug-likeness (QED) is 0.562. The van der Waals surface area contributed by atoms with Crippen molar-refractivity contribution < 1.29 is 14.3 Å². The first kappa shape index (κ1) is 9.72. The van der Waals surface area contributed by atoms with Crippen molar-refractivity contribution in [2.75, 3.05) is 6.26 Å². The summed E-state index contributed by atoms with van der Waals surface area (Å²) >= 11 is 1.20. The summed E-state index contributed by atoms with van der Waals surface area (Å²) in [5.74, 6) is -1.35. The standard InChI is InChI=1S/C6H5FN2O3S/c1-13-6-8-2-3(4(10)9-6)5(11)12-7/h2H,1H3,(H,8,9,10). The maximum absolute atomic E-state index is 11.4. The molecule has 0 unspecified atom stereocenters. The molecule has 13 heavy (non-hydrogen) atoms. The Labute approximate surface area is 76.2 Å². The van der Waals surface area contributed by atoms with Crippen molar-refractivity contribution in [1.82, 2.24) is 9.97 Å². The molecule has 0 saturated heterocycles. The van der Waals surface area contributed by atoms with E-state index >= 15 is 0 Å². The molecule has 1 heterocycles. The number of aromatic amines is 1. The molecule has 5 nitrogen and oxygen atoms in total. The van der Waals surface area contributed by atoms with Crippen molar-refractivity contribution in [3.63, 3.8) is 0 Å². The Hall–Kier alpha value is -1.37. The van der Waals surface area contributed by atoms with Crippen LogP contribution in [-0.4, -0.2) is 22.2 Å². The molecule has 0 saturated carbocycles. The van der Waals surface area contributed by atoms with E-state index in [1.54, 1.807) is 6.26 Å². The Balaban J connectivity index is 3.13. The number of carbonyl (C=O) groups excluding carboxylic acids is 1. The number of hydrogen-bond donors (Lipinski definition) is 1. The molecule has 1 rings (SSSR count). The Bertz CT molecular complexity index is 378. The molecule has 1 N–H and O–H groups in total. The third-order valence-electron chi connectivity index (χ3n) is 1.26. The molecule has 0 atom stereocenters. The van der Waals surface area contributed by atoms with Gasteiger partial charge in [-0.05, 0) is 6.26 Å². The Morgan fingerprint density at radius 1 is 1.77 bits per heavy atom. The average Bonchev–Trinajstić information content (AvgIpc) is 2.16. The van der Waals surface area contributed by atoms with E-state index < -0.39 is 17.1 Å². The van der Waals surface area contributed by atoms with Crippen LogP contribution in [0.25, 0.3) is 0 Å². The van der Waals surface area contributed by atoms with E-state index in [9.17, 15) is 14.1 Å². The van der Waals surface area contributed by atoms with E-state index in [0.717, 1.165) is 6.20 Å². The van der Waals surface area contributed by atoms with Gasteiger partial charge in [0.2, 0.25) is 0 Å². The van der Waals surface area contributed by atoms with Gasteiger partial charge in [0, 0.05) is 4.53 Å². The number of nitrogens with zero attached hydrogens (tertiary/aromatic N) is 1. The minimum Gasteiger partial charge on any atom is -0.301 e. The van der Waals surface area contributed by atoms with E-state index in [1.807, 2.05) is 0 Å². The highest BCUT2D eigenvalue weighted by atomic mass is 32.2. The van der Waals surface area contributed by atoms with Gasteiger partial charge < -0.3 is 4.98 Å². The smallest absolute Gasteiger partial charge is 0.301 e. The number of aromatic nitrogens is 2. The van der Waals surface area contributed by atoms with Crippen LogP contribution in [0.3, 0.4) is 0 Å². The molecule has 0 amide bonds. The molecule has 0 bridgehead atoms. The van der Waals surface area contributed by atoms with Crippen molar-refractivity contribution >= 4 is 17.7 Å². The number of carbonyl (C=O) groups is 1. The molecule has 7 heteroatoms. The van der Waals surface area contributed by atoms with Crippen molar-refractivity contribution in [1.29, 1.82) is 0 Å². The summed E-state index contributed by atoms with van der Waals surface area (Å²) in [4.78, 5) is 30.4. The second-order valence-electron chi connectivity index (χ2n) is 2.00. The second-order valence-corrected chi connectivity index (χ2v) is 2.79. The van der Waals surface area contributed by atoms with Crippen LogP contribution in [0, 0.1) is 0 Å². The summed E-state index contributed by atoms with van der Waals surface area (Å²) in [6.07, 6.45) is 2.66. The zero-order valence-electron chi connectivity index (χ0n) is 6.54. The predicted molar refractivity (Wildman–Crippen MR) is 43.2 cm³/mol. The van der Waals surface area contributed by atoms with Crippen molar-refractivity contribution in [2.45, 2.75) is 5.16 Å². The topological polar surface area (TPSA) is 72.0 Å². The first-order valence-electron chi connectivity index (χ1n) is 3.15. The fraction of sp³-hybridized carbons (Fsp3) is 0.167. The summed E-state index contributed by atoms with van der Waals surface area (Å²) in [6, 6.07) is 0. The lowest BCUT2D eigenvalue weighted by Crippen LogP contribution is -2.19. The third-order valence-corrected chi connectivity index (χ3v) is 1.85. The van der Waals surface area contributed by atoms with E-state index in [2.05, 4.69) is 14.9 Å². The maximum Gasteiger partial charge on any atom is 0.386 e. The van der Waals surface area contributed by atoms with Gasteiger partial charge in [0.05, 0.1) is 6.20 Å². The molecule has 0 fully saturated rings. The summed E-state index contributed by atoms with van der Waals surface area (Å²) in [5.41, 5.74) is -1.18. The van der Waals surface area contributed by atoms with Gasteiger partial charge in [0.1, 0.15) is 5.56 Å². The highest BCUT2D eigenvalue weighted by Crippen LogP contribution is 2.04. The molecule has 70 valence electrons. The van der Waals surface area contributed by atoms with Gasteiger partial charge in [-0.25, -0.2) is 14.7 Å². The lowest BCUT2D eigenvalue weighted by molar-refractivity contribution is -0.0790. The average molecular weight is 204 g/mol. The van der Waals surface area contributed by atoms with E-state index in [4.69, 9.17) is 0 Å². The molecule has 0 aliphatic carbocycles. The maximum atomic E-state index is 11.4. The number of rotatable bonds is 2. The second kappa shape index (κ2) is 4.04. The summed E-state index contributed by atoms with van der Waals surface area (Å²) in [5, 5.41) is 0.348. The number of halogens is 1. The molecule has 1 aromatic heterocycles. The Kier molecular flexibility index (Phi) is 3.02. The largest absolute Gasteiger partial charge is 0.386 e. The van der Waals surface area contributed by atoms with Gasteiger partial charge in [-0.3, -0.25) is 4.79 Å². The van der Waals surface area contributed by atoms with Gasteiger partial charge in [-0.2, -0.15) is 0 Å². The van der Waals surface area contributed by atoms with Crippen molar-refractivity contribution in [3.8, 4) is 0 Å². The van der Waals surface area contributed by atoms with Crippen LogP contribution in [0.2, 0.25) is 0 Å². The van der Waals surface area contributed by atoms with Crippen LogP contribution in [0.15, 0.2) is 16.1 Å². The first-order chi connectivity index (χ1) is 6.19. The van der Waals surface area contributed by atoms with Crippen LogP contribution in [0.4, 0.5) is 4.53 Å². The summed E-state index contributed by atoms with van der Waals surface area (Å²) in [6.45, 7) is 0. The monoisotopic (exact) mass is 204 g/mol. The molecule has 0 aromatic carbocycles. The lowest BCUT2D eigenvalue weighted by Gasteiger charge is -1.95. The van der Waals surface area contributed by atoms with Gasteiger partial charge in [-0.1, -0.05) is 11.8 Å².